The molecule has 4 heteroatoms. The van der Waals surface area contributed by atoms with Crippen molar-refractivity contribution in [2.24, 2.45) is 5.92 Å². The molecule has 2 N–H and O–H groups in total. The molecule has 1 aromatic carbocycles. The van der Waals surface area contributed by atoms with Crippen molar-refractivity contribution in [3.05, 3.63) is 35.4 Å². The van der Waals surface area contributed by atoms with E-state index in [0.717, 1.165) is 11.1 Å². The normalized spacial score (nSPS) is 12.2. The average molecular weight is 263 g/mol. The van der Waals surface area contributed by atoms with Gasteiger partial charge in [-0.05, 0) is 32.8 Å². The smallest absolute Gasteiger partial charge is 0.307 e. The van der Waals surface area contributed by atoms with Crippen LogP contribution in [0, 0.1) is 12.8 Å². The fourth-order valence-corrected chi connectivity index (χ4v) is 1.98. The SMILES string of the molecule is Cc1cccc(CC(CC(=O)NC(C)C)C(=O)O)c1. The van der Waals surface area contributed by atoms with E-state index in [9.17, 15) is 14.7 Å². The van der Waals surface area contributed by atoms with Gasteiger partial charge in [-0.25, -0.2) is 0 Å². The number of hydrogen-bond acceptors (Lipinski definition) is 2. The summed E-state index contributed by atoms with van der Waals surface area (Å²) >= 11 is 0. The zero-order chi connectivity index (χ0) is 14.4. The standard InChI is InChI=1S/C15H21NO3/c1-10(2)16-14(17)9-13(15(18)19)8-12-6-4-5-11(3)7-12/h4-7,10,13H,8-9H2,1-3H3,(H,16,17)(H,18,19). The summed E-state index contributed by atoms with van der Waals surface area (Å²) < 4.78 is 0. The van der Waals surface area contributed by atoms with E-state index in [-0.39, 0.29) is 18.4 Å². The van der Waals surface area contributed by atoms with Crippen molar-refractivity contribution in [2.45, 2.75) is 39.7 Å². The summed E-state index contributed by atoms with van der Waals surface area (Å²) in [5, 5.41) is 11.9. The molecule has 0 aliphatic rings. The average Bonchev–Trinajstić information content (AvgIpc) is 2.26. The Hall–Kier alpha value is -1.84. The number of carbonyl (C=O) groups is 2. The molecule has 0 aliphatic heterocycles. The number of rotatable bonds is 6. The maximum atomic E-state index is 11.7. The first-order valence-corrected chi connectivity index (χ1v) is 6.46. The maximum Gasteiger partial charge on any atom is 0.307 e. The first-order valence-electron chi connectivity index (χ1n) is 6.46. The molecule has 0 saturated heterocycles. The van der Waals surface area contributed by atoms with E-state index in [4.69, 9.17) is 0 Å². The Bertz CT molecular complexity index is 454. The van der Waals surface area contributed by atoms with E-state index in [1.54, 1.807) is 0 Å². The summed E-state index contributed by atoms with van der Waals surface area (Å²) in [4.78, 5) is 22.9. The molecular formula is C15H21NO3. The molecular weight excluding hydrogens is 242 g/mol. The largest absolute Gasteiger partial charge is 0.481 e. The molecule has 104 valence electrons. The number of benzene rings is 1. The second kappa shape index (κ2) is 6.92. The molecule has 1 atom stereocenters. The Morgan fingerprint density at radius 3 is 2.53 bits per heavy atom. The van der Waals surface area contributed by atoms with Crippen LogP contribution in [0.2, 0.25) is 0 Å². The molecule has 0 heterocycles. The molecule has 1 unspecified atom stereocenters. The molecule has 0 bridgehead atoms. The lowest BCUT2D eigenvalue weighted by atomic mass is 9.95. The van der Waals surface area contributed by atoms with Gasteiger partial charge in [0.1, 0.15) is 0 Å². The number of carboxylic acids is 1. The van der Waals surface area contributed by atoms with Crippen molar-refractivity contribution in [1.82, 2.24) is 5.32 Å². The molecule has 1 aromatic rings. The summed E-state index contributed by atoms with van der Waals surface area (Å²) in [5.74, 6) is -1.82. The zero-order valence-corrected chi connectivity index (χ0v) is 11.6. The number of carboxylic acid groups (broad SMARTS) is 1. The van der Waals surface area contributed by atoms with Gasteiger partial charge in [-0.3, -0.25) is 9.59 Å². The third kappa shape index (κ3) is 5.55. The van der Waals surface area contributed by atoms with Crippen LogP contribution in [0.15, 0.2) is 24.3 Å². The fourth-order valence-electron chi connectivity index (χ4n) is 1.98. The zero-order valence-electron chi connectivity index (χ0n) is 11.6. The number of amides is 1. The van der Waals surface area contributed by atoms with Crippen LogP contribution in [0.3, 0.4) is 0 Å². The maximum absolute atomic E-state index is 11.7. The van der Waals surface area contributed by atoms with Gasteiger partial charge in [0.05, 0.1) is 5.92 Å². The number of hydrogen-bond donors (Lipinski definition) is 2. The van der Waals surface area contributed by atoms with Crippen LogP contribution in [0.5, 0.6) is 0 Å². The van der Waals surface area contributed by atoms with Gasteiger partial charge < -0.3 is 10.4 Å². The summed E-state index contributed by atoms with van der Waals surface area (Å²) in [6.45, 7) is 5.67. The van der Waals surface area contributed by atoms with Gasteiger partial charge >= 0.3 is 5.97 Å². The van der Waals surface area contributed by atoms with Crippen LogP contribution in [-0.4, -0.2) is 23.0 Å². The summed E-state index contributed by atoms with van der Waals surface area (Å²) in [6, 6.07) is 7.74. The van der Waals surface area contributed by atoms with Crippen molar-refractivity contribution in [1.29, 1.82) is 0 Å². The minimum atomic E-state index is -0.930. The van der Waals surface area contributed by atoms with Crippen LogP contribution in [0.1, 0.15) is 31.4 Å². The summed E-state index contributed by atoms with van der Waals surface area (Å²) in [6.07, 6.45) is 0.393. The highest BCUT2D eigenvalue weighted by Gasteiger charge is 2.22. The van der Waals surface area contributed by atoms with Crippen molar-refractivity contribution >= 4 is 11.9 Å². The van der Waals surface area contributed by atoms with Gasteiger partial charge in [0, 0.05) is 12.5 Å². The predicted molar refractivity (Wildman–Crippen MR) is 73.9 cm³/mol. The molecule has 4 nitrogen and oxygen atoms in total. The lowest BCUT2D eigenvalue weighted by molar-refractivity contribution is -0.144. The van der Waals surface area contributed by atoms with Crippen molar-refractivity contribution < 1.29 is 14.7 Å². The molecule has 0 radical (unpaired) electrons. The third-order valence-electron chi connectivity index (χ3n) is 2.80. The molecule has 0 aliphatic carbocycles. The second-order valence-electron chi connectivity index (χ2n) is 5.15. The number of aliphatic carboxylic acids is 1. The lowest BCUT2D eigenvalue weighted by Crippen LogP contribution is -2.33. The van der Waals surface area contributed by atoms with Crippen LogP contribution >= 0.6 is 0 Å². The Labute approximate surface area is 113 Å². The number of aryl methyl sites for hydroxylation is 1. The highest BCUT2D eigenvalue weighted by molar-refractivity contribution is 5.82. The van der Waals surface area contributed by atoms with Gasteiger partial charge in [-0.2, -0.15) is 0 Å². The molecule has 0 aromatic heterocycles. The Balaban J connectivity index is 2.68. The highest BCUT2D eigenvalue weighted by Crippen LogP contribution is 2.14. The van der Waals surface area contributed by atoms with Crippen molar-refractivity contribution in [3.63, 3.8) is 0 Å². The molecule has 19 heavy (non-hydrogen) atoms. The second-order valence-corrected chi connectivity index (χ2v) is 5.15. The molecule has 0 fully saturated rings. The minimum Gasteiger partial charge on any atom is -0.481 e. The van der Waals surface area contributed by atoms with Gasteiger partial charge in [0.15, 0.2) is 0 Å². The quantitative estimate of drug-likeness (QED) is 0.826. The number of carbonyl (C=O) groups excluding carboxylic acids is 1. The van der Waals surface area contributed by atoms with Crippen LogP contribution in [-0.2, 0) is 16.0 Å². The Morgan fingerprint density at radius 2 is 2.00 bits per heavy atom. The van der Waals surface area contributed by atoms with Crippen molar-refractivity contribution in [3.8, 4) is 0 Å². The van der Waals surface area contributed by atoms with E-state index in [0.29, 0.717) is 6.42 Å². The third-order valence-corrected chi connectivity index (χ3v) is 2.80. The van der Waals surface area contributed by atoms with Gasteiger partial charge in [-0.15, -0.1) is 0 Å². The molecule has 1 amide bonds. The van der Waals surface area contributed by atoms with E-state index < -0.39 is 11.9 Å². The summed E-state index contributed by atoms with van der Waals surface area (Å²) in [5.41, 5.74) is 2.04. The summed E-state index contributed by atoms with van der Waals surface area (Å²) in [7, 11) is 0. The monoisotopic (exact) mass is 263 g/mol. The van der Waals surface area contributed by atoms with Gasteiger partial charge in [0.2, 0.25) is 5.91 Å². The first kappa shape index (κ1) is 15.2. The van der Waals surface area contributed by atoms with E-state index >= 15 is 0 Å². The predicted octanol–water partition coefficient (Wildman–Crippen LogP) is 2.15. The Kier molecular flexibility index (Phi) is 5.55. The Morgan fingerprint density at radius 1 is 1.32 bits per heavy atom. The van der Waals surface area contributed by atoms with Gasteiger partial charge in [0.25, 0.3) is 0 Å². The molecule has 0 saturated carbocycles. The topological polar surface area (TPSA) is 66.4 Å². The molecule has 0 spiro atoms. The van der Waals surface area contributed by atoms with Crippen LogP contribution in [0.4, 0.5) is 0 Å². The van der Waals surface area contributed by atoms with Crippen molar-refractivity contribution in [2.75, 3.05) is 0 Å². The highest BCUT2D eigenvalue weighted by atomic mass is 16.4. The van der Waals surface area contributed by atoms with Crippen LogP contribution in [0.25, 0.3) is 0 Å². The van der Waals surface area contributed by atoms with Gasteiger partial charge in [-0.1, -0.05) is 29.8 Å². The number of nitrogens with one attached hydrogen (secondary N) is 1. The van der Waals surface area contributed by atoms with Crippen LogP contribution < -0.4 is 5.32 Å². The van der Waals surface area contributed by atoms with E-state index in [1.165, 1.54) is 0 Å². The lowest BCUT2D eigenvalue weighted by Gasteiger charge is -2.14. The minimum absolute atomic E-state index is 0.0153. The fraction of sp³-hybridized carbons (Fsp3) is 0.467. The first-order chi connectivity index (χ1) is 8.88. The van der Waals surface area contributed by atoms with E-state index in [1.807, 2.05) is 45.0 Å². The van der Waals surface area contributed by atoms with E-state index in [2.05, 4.69) is 5.32 Å². The molecule has 1 rings (SSSR count).